The molecule has 1 fully saturated rings. The highest BCUT2D eigenvalue weighted by Crippen LogP contribution is 2.27. The Morgan fingerprint density at radius 3 is 2.57 bits per heavy atom. The highest BCUT2D eigenvalue weighted by molar-refractivity contribution is 6.01. The molecule has 6 heteroatoms. The lowest BCUT2D eigenvalue weighted by Crippen LogP contribution is -2.53. The normalized spacial score (nSPS) is 19.8. The Morgan fingerprint density at radius 2 is 2.00 bits per heavy atom. The maximum absolute atomic E-state index is 13.9. The van der Waals surface area contributed by atoms with Crippen molar-refractivity contribution in [2.75, 3.05) is 18.5 Å². The number of carbonyl (C=O) groups excluding carboxylic acids is 2. The third-order valence-electron chi connectivity index (χ3n) is 4.33. The van der Waals surface area contributed by atoms with Gasteiger partial charge in [-0.05, 0) is 24.0 Å². The summed E-state index contributed by atoms with van der Waals surface area (Å²) in [6.07, 6.45) is 0.465. The maximum Gasteiger partial charge on any atom is 0.249 e. The predicted molar refractivity (Wildman–Crippen MR) is 87.4 cm³/mol. The standard InChI is InChI=1S/C17H24FN3O2/c1-17(2,3)14(19)16(23)20(4)13-9-10-21(15(13)22)12-8-6-5-7-11(12)18/h5-8,13-14H,9-10,19H2,1-4H3/t13?,14-/m1/s1. The molecule has 2 atom stereocenters. The lowest BCUT2D eigenvalue weighted by Gasteiger charge is -2.32. The molecule has 5 nitrogen and oxygen atoms in total. The largest absolute Gasteiger partial charge is 0.332 e. The second-order valence-corrected chi connectivity index (χ2v) is 7.04. The Hall–Kier alpha value is -1.95. The SMILES string of the molecule is CN(C(=O)[C@@H](N)C(C)(C)C)C1CCN(c2ccccc2F)C1=O. The number of carbonyl (C=O) groups is 2. The van der Waals surface area contributed by atoms with Crippen LogP contribution in [0.25, 0.3) is 0 Å². The third kappa shape index (κ3) is 3.37. The molecule has 0 radical (unpaired) electrons. The zero-order chi connectivity index (χ0) is 17.4. The van der Waals surface area contributed by atoms with Crippen molar-refractivity contribution in [1.82, 2.24) is 4.90 Å². The van der Waals surface area contributed by atoms with Crippen LogP contribution >= 0.6 is 0 Å². The first-order valence-corrected chi connectivity index (χ1v) is 7.72. The molecule has 0 aliphatic carbocycles. The minimum atomic E-state index is -0.692. The van der Waals surface area contributed by atoms with Crippen LogP contribution in [-0.4, -0.2) is 42.4 Å². The van der Waals surface area contributed by atoms with Crippen molar-refractivity contribution in [3.05, 3.63) is 30.1 Å². The summed E-state index contributed by atoms with van der Waals surface area (Å²) in [6.45, 7) is 6.02. The Bertz CT molecular complexity index is 612. The monoisotopic (exact) mass is 321 g/mol. The number of halogens is 1. The number of hydrogen-bond donors (Lipinski definition) is 1. The second kappa shape index (κ2) is 6.28. The van der Waals surface area contributed by atoms with Gasteiger partial charge >= 0.3 is 0 Å². The summed E-state index contributed by atoms with van der Waals surface area (Å²) in [7, 11) is 1.58. The zero-order valence-electron chi connectivity index (χ0n) is 14.0. The van der Waals surface area contributed by atoms with Crippen LogP contribution in [0.4, 0.5) is 10.1 Å². The molecule has 2 amide bonds. The lowest BCUT2D eigenvalue weighted by molar-refractivity contribution is -0.139. The third-order valence-corrected chi connectivity index (χ3v) is 4.33. The van der Waals surface area contributed by atoms with Gasteiger partial charge in [-0.3, -0.25) is 9.59 Å². The van der Waals surface area contributed by atoms with Crippen molar-refractivity contribution >= 4 is 17.5 Å². The summed E-state index contributed by atoms with van der Waals surface area (Å²) in [5, 5.41) is 0. The van der Waals surface area contributed by atoms with Gasteiger partial charge in [0.2, 0.25) is 11.8 Å². The highest BCUT2D eigenvalue weighted by atomic mass is 19.1. The Balaban J connectivity index is 2.16. The van der Waals surface area contributed by atoms with Crippen LogP contribution in [0.1, 0.15) is 27.2 Å². The minimum Gasteiger partial charge on any atom is -0.332 e. The van der Waals surface area contributed by atoms with Gasteiger partial charge in [-0.25, -0.2) is 4.39 Å². The van der Waals surface area contributed by atoms with Crippen molar-refractivity contribution < 1.29 is 14.0 Å². The average Bonchev–Trinajstić information content (AvgIpc) is 2.86. The van der Waals surface area contributed by atoms with E-state index in [1.165, 1.54) is 15.9 Å². The molecule has 1 saturated heterocycles. The average molecular weight is 321 g/mol. The summed E-state index contributed by atoms with van der Waals surface area (Å²) in [6, 6.07) is 4.86. The van der Waals surface area contributed by atoms with E-state index in [0.717, 1.165) is 0 Å². The van der Waals surface area contributed by atoms with Crippen LogP contribution in [0.15, 0.2) is 24.3 Å². The number of para-hydroxylation sites is 1. The van der Waals surface area contributed by atoms with Crippen LogP contribution in [0.5, 0.6) is 0 Å². The van der Waals surface area contributed by atoms with E-state index in [1.807, 2.05) is 20.8 Å². The molecule has 1 heterocycles. The first-order chi connectivity index (χ1) is 10.6. The van der Waals surface area contributed by atoms with Crippen molar-refractivity contribution in [2.45, 2.75) is 39.3 Å². The van der Waals surface area contributed by atoms with Gasteiger partial charge in [0.1, 0.15) is 11.9 Å². The number of anilines is 1. The van der Waals surface area contributed by atoms with Gasteiger partial charge in [-0.15, -0.1) is 0 Å². The summed E-state index contributed by atoms with van der Waals surface area (Å²) < 4.78 is 13.9. The number of benzene rings is 1. The summed E-state index contributed by atoms with van der Waals surface area (Å²) in [4.78, 5) is 27.9. The highest BCUT2D eigenvalue weighted by Gasteiger charge is 2.40. The van der Waals surface area contributed by atoms with Gasteiger partial charge in [0.15, 0.2) is 0 Å². The number of likely N-dealkylation sites (N-methyl/N-ethyl adjacent to an activating group) is 1. The number of rotatable bonds is 3. The topological polar surface area (TPSA) is 66.6 Å². The Morgan fingerprint density at radius 1 is 1.39 bits per heavy atom. The first-order valence-electron chi connectivity index (χ1n) is 7.72. The van der Waals surface area contributed by atoms with Crippen molar-refractivity contribution in [3.8, 4) is 0 Å². The molecule has 23 heavy (non-hydrogen) atoms. The molecular formula is C17H24FN3O2. The van der Waals surface area contributed by atoms with Gasteiger partial charge in [-0.1, -0.05) is 32.9 Å². The molecule has 0 bridgehead atoms. The van der Waals surface area contributed by atoms with Crippen molar-refractivity contribution in [2.24, 2.45) is 11.1 Å². The fourth-order valence-corrected chi connectivity index (χ4v) is 2.68. The summed E-state index contributed by atoms with van der Waals surface area (Å²) >= 11 is 0. The fourth-order valence-electron chi connectivity index (χ4n) is 2.68. The fraction of sp³-hybridized carbons (Fsp3) is 0.529. The molecule has 126 valence electrons. The molecule has 0 spiro atoms. The molecule has 2 N–H and O–H groups in total. The van der Waals surface area contributed by atoms with Crippen molar-refractivity contribution in [3.63, 3.8) is 0 Å². The first kappa shape index (κ1) is 17.4. The molecule has 1 unspecified atom stereocenters. The van der Waals surface area contributed by atoms with Crippen LogP contribution in [0, 0.1) is 11.2 Å². The Kier molecular flexibility index (Phi) is 4.75. The Labute approximate surface area is 136 Å². The molecule has 0 saturated carbocycles. The molecule has 1 aliphatic rings. The van der Waals surface area contributed by atoms with Crippen LogP contribution in [0.2, 0.25) is 0 Å². The maximum atomic E-state index is 13.9. The van der Waals surface area contributed by atoms with Crippen LogP contribution in [-0.2, 0) is 9.59 Å². The van der Waals surface area contributed by atoms with Crippen molar-refractivity contribution in [1.29, 1.82) is 0 Å². The molecule has 2 rings (SSSR count). The quantitative estimate of drug-likeness (QED) is 0.922. The summed E-state index contributed by atoms with van der Waals surface area (Å²) in [5.74, 6) is -0.986. The van der Waals surface area contributed by atoms with Gasteiger partial charge in [-0.2, -0.15) is 0 Å². The van der Waals surface area contributed by atoms with Gasteiger partial charge in [0, 0.05) is 13.6 Å². The number of hydrogen-bond acceptors (Lipinski definition) is 3. The molecule has 1 aromatic carbocycles. The van der Waals surface area contributed by atoms with Gasteiger partial charge in [0.05, 0.1) is 11.7 Å². The minimum absolute atomic E-state index is 0.251. The van der Waals surface area contributed by atoms with E-state index in [1.54, 1.807) is 25.2 Å². The number of nitrogens with two attached hydrogens (primary N) is 1. The van der Waals surface area contributed by atoms with E-state index in [0.29, 0.717) is 13.0 Å². The zero-order valence-corrected chi connectivity index (χ0v) is 14.0. The van der Waals surface area contributed by atoms with E-state index in [9.17, 15) is 14.0 Å². The molecule has 1 aliphatic heterocycles. The summed E-state index contributed by atoms with van der Waals surface area (Å²) in [5.41, 5.74) is 5.86. The van der Waals surface area contributed by atoms with E-state index >= 15 is 0 Å². The van der Waals surface area contributed by atoms with E-state index in [2.05, 4.69) is 0 Å². The molecular weight excluding hydrogens is 297 g/mol. The molecule has 0 aromatic heterocycles. The number of nitrogens with zero attached hydrogens (tertiary/aromatic N) is 2. The van der Waals surface area contributed by atoms with E-state index in [4.69, 9.17) is 5.73 Å². The van der Waals surface area contributed by atoms with Crippen LogP contribution in [0.3, 0.4) is 0 Å². The van der Waals surface area contributed by atoms with E-state index in [-0.39, 0.29) is 17.5 Å². The van der Waals surface area contributed by atoms with E-state index < -0.39 is 23.3 Å². The molecule has 1 aromatic rings. The van der Waals surface area contributed by atoms with Gasteiger partial charge in [0.25, 0.3) is 0 Å². The predicted octanol–water partition coefficient (Wildman–Crippen LogP) is 1.76. The van der Waals surface area contributed by atoms with Crippen LogP contribution < -0.4 is 10.6 Å². The smallest absolute Gasteiger partial charge is 0.249 e. The number of amides is 2. The lowest BCUT2D eigenvalue weighted by atomic mass is 9.86. The second-order valence-electron chi connectivity index (χ2n) is 7.04. The van der Waals surface area contributed by atoms with Gasteiger partial charge < -0.3 is 15.5 Å².